The monoisotopic (exact) mass is 306 g/mol. The topological polar surface area (TPSA) is 42.0 Å². The third kappa shape index (κ3) is 2.22. The van der Waals surface area contributed by atoms with Crippen molar-refractivity contribution in [2.75, 3.05) is 13.1 Å². The number of rotatable bonds is 2. The van der Waals surface area contributed by atoms with Crippen LogP contribution in [0.25, 0.3) is 0 Å². The molecule has 1 fully saturated rings. The van der Waals surface area contributed by atoms with Gasteiger partial charge in [0.2, 0.25) is 0 Å². The summed E-state index contributed by atoms with van der Waals surface area (Å²) in [5, 5.41) is 3.42. The molecule has 1 unspecified atom stereocenters. The molecule has 0 saturated carbocycles. The molecule has 0 amide bonds. The van der Waals surface area contributed by atoms with Crippen LogP contribution in [0.3, 0.4) is 0 Å². The summed E-state index contributed by atoms with van der Waals surface area (Å²) in [4.78, 5) is 18.3. The Bertz CT molecular complexity index is 749. The summed E-state index contributed by atoms with van der Waals surface area (Å²) in [7, 11) is 0. The van der Waals surface area contributed by atoms with Crippen LogP contribution in [-0.2, 0) is 11.8 Å². The first-order valence-electron chi connectivity index (χ1n) is 8.49. The molecule has 3 nitrogen and oxygen atoms in total. The van der Waals surface area contributed by atoms with E-state index in [1.165, 1.54) is 5.56 Å². The molecule has 2 aliphatic rings. The fourth-order valence-electron chi connectivity index (χ4n) is 4.37. The second-order valence-corrected chi connectivity index (χ2v) is 6.82. The normalized spacial score (nSPS) is 24.7. The summed E-state index contributed by atoms with van der Waals surface area (Å²) in [6.07, 6.45) is 2.87. The molecule has 0 bridgehead atoms. The van der Waals surface area contributed by atoms with Gasteiger partial charge in [-0.3, -0.25) is 9.78 Å². The Labute approximate surface area is 137 Å². The van der Waals surface area contributed by atoms with Crippen LogP contribution in [0, 0.1) is 12.8 Å². The van der Waals surface area contributed by atoms with Crippen LogP contribution < -0.4 is 5.32 Å². The maximum absolute atomic E-state index is 13.5. The molecule has 1 aliphatic carbocycles. The molecule has 1 N–H and O–H groups in total. The lowest BCUT2D eigenvalue weighted by Crippen LogP contribution is -2.46. The molecule has 2 aromatic rings. The van der Waals surface area contributed by atoms with Gasteiger partial charge in [0, 0.05) is 11.3 Å². The van der Waals surface area contributed by atoms with Crippen molar-refractivity contribution < 1.29 is 4.79 Å². The zero-order chi connectivity index (χ0) is 15.9. The third-order valence-electron chi connectivity index (χ3n) is 5.52. The summed E-state index contributed by atoms with van der Waals surface area (Å²) < 4.78 is 0. The van der Waals surface area contributed by atoms with E-state index in [0.29, 0.717) is 5.92 Å². The van der Waals surface area contributed by atoms with E-state index in [-0.39, 0.29) is 5.78 Å². The largest absolute Gasteiger partial charge is 0.317 e. The number of fused-ring (bicyclic) bond motifs is 1. The second kappa shape index (κ2) is 5.57. The zero-order valence-electron chi connectivity index (χ0n) is 13.5. The number of nitrogens with zero attached hydrogens (tertiary/aromatic N) is 1. The number of aryl methyl sites for hydroxylation is 1. The van der Waals surface area contributed by atoms with Gasteiger partial charge >= 0.3 is 0 Å². The summed E-state index contributed by atoms with van der Waals surface area (Å²) in [5.74, 6) is 0.635. The first kappa shape index (κ1) is 14.6. The zero-order valence-corrected chi connectivity index (χ0v) is 13.5. The maximum atomic E-state index is 13.5. The highest BCUT2D eigenvalue weighted by Crippen LogP contribution is 2.47. The molecule has 4 rings (SSSR count). The standard InChI is InChI=1S/C20H22N2O/c1-14-5-4-8-18(22-14)20(16-9-11-21-12-10-16)13-15-6-2-3-7-17(15)19(20)23/h2-8,16,21H,9-13H2,1H3. The van der Waals surface area contributed by atoms with Gasteiger partial charge in [0.15, 0.2) is 5.78 Å². The lowest BCUT2D eigenvalue weighted by atomic mass is 9.66. The van der Waals surface area contributed by atoms with Crippen molar-refractivity contribution in [3.05, 3.63) is 65.0 Å². The van der Waals surface area contributed by atoms with Gasteiger partial charge in [0.25, 0.3) is 0 Å². The van der Waals surface area contributed by atoms with Gasteiger partial charge in [0.1, 0.15) is 0 Å². The summed E-state index contributed by atoms with van der Waals surface area (Å²) in [6, 6.07) is 14.2. The Hall–Kier alpha value is -2.00. The number of carbonyl (C=O) groups excluding carboxylic acids is 1. The first-order valence-corrected chi connectivity index (χ1v) is 8.49. The number of piperidine rings is 1. The molecular formula is C20H22N2O. The molecule has 23 heavy (non-hydrogen) atoms. The number of hydrogen-bond donors (Lipinski definition) is 1. The van der Waals surface area contributed by atoms with E-state index in [1.807, 2.05) is 37.3 Å². The van der Waals surface area contributed by atoms with Crippen molar-refractivity contribution in [2.24, 2.45) is 5.92 Å². The van der Waals surface area contributed by atoms with Crippen LogP contribution in [-0.4, -0.2) is 23.9 Å². The third-order valence-corrected chi connectivity index (χ3v) is 5.52. The summed E-state index contributed by atoms with van der Waals surface area (Å²) >= 11 is 0. The SMILES string of the molecule is Cc1cccc(C2(C3CCNCC3)Cc3ccccc3C2=O)n1. The molecule has 1 aromatic heterocycles. The van der Waals surface area contributed by atoms with Crippen LogP contribution >= 0.6 is 0 Å². The van der Waals surface area contributed by atoms with Crippen molar-refractivity contribution in [1.29, 1.82) is 0 Å². The molecule has 118 valence electrons. The molecule has 0 spiro atoms. The fraction of sp³-hybridized carbons (Fsp3) is 0.400. The first-order chi connectivity index (χ1) is 11.2. The molecule has 1 atom stereocenters. The minimum absolute atomic E-state index is 0.276. The van der Waals surface area contributed by atoms with Gasteiger partial charge in [-0.1, -0.05) is 30.3 Å². The minimum Gasteiger partial charge on any atom is -0.317 e. The second-order valence-electron chi connectivity index (χ2n) is 6.82. The Morgan fingerprint density at radius 1 is 1.09 bits per heavy atom. The van der Waals surface area contributed by atoms with Crippen molar-refractivity contribution in [1.82, 2.24) is 10.3 Å². The Morgan fingerprint density at radius 3 is 2.61 bits per heavy atom. The van der Waals surface area contributed by atoms with Crippen molar-refractivity contribution in [2.45, 2.75) is 31.6 Å². The van der Waals surface area contributed by atoms with E-state index in [1.54, 1.807) is 0 Å². The predicted octanol–water partition coefficient (Wildman–Crippen LogP) is 3.07. The average Bonchev–Trinajstić information content (AvgIpc) is 2.90. The quantitative estimate of drug-likeness (QED) is 0.927. The van der Waals surface area contributed by atoms with E-state index in [0.717, 1.165) is 49.3 Å². The summed E-state index contributed by atoms with van der Waals surface area (Å²) in [5.41, 5.74) is 3.55. The Kier molecular flexibility index (Phi) is 3.53. The van der Waals surface area contributed by atoms with E-state index in [2.05, 4.69) is 17.4 Å². The van der Waals surface area contributed by atoms with E-state index in [9.17, 15) is 4.79 Å². The lowest BCUT2D eigenvalue weighted by molar-refractivity contribution is 0.0805. The predicted molar refractivity (Wildman–Crippen MR) is 90.7 cm³/mol. The molecule has 3 heteroatoms. The number of nitrogens with one attached hydrogen (secondary N) is 1. The number of pyridine rings is 1. The summed E-state index contributed by atoms with van der Waals surface area (Å²) in [6.45, 7) is 3.98. The van der Waals surface area contributed by atoms with E-state index >= 15 is 0 Å². The lowest BCUT2D eigenvalue weighted by Gasteiger charge is -2.38. The Balaban J connectivity index is 1.88. The highest BCUT2D eigenvalue weighted by Gasteiger charge is 2.52. The molecular weight excluding hydrogens is 284 g/mol. The highest BCUT2D eigenvalue weighted by atomic mass is 16.1. The Morgan fingerprint density at radius 2 is 1.87 bits per heavy atom. The molecule has 2 heterocycles. The number of aromatic nitrogens is 1. The molecule has 1 saturated heterocycles. The number of benzene rings is 1. The van der Waals surface area contributed by atoms with Crippen LogP contribution in [0.1, 0.15) is 40.2 Å². The highest BCUT2D eigenvalue weighted by molar-refractivity contribution is 6.08. The van der Waals surface area contributed by atoms with Gasteiger partial charge in [-0.25, -0.2) is 0 Å². The van der Waals surface area contributed by atoms with Gasteiger partial charge in [0.05, 0.1) is 11.1 Å². The van der Waals surface area contributed by atoms with E-state index < -0.39 is 5.41 Å². The number of Topliss-reactive ketones (excluding diaryl/α,β-unsaturated/α-hetero) is 1. The van der Waals surface area contributed by atoms with E-state index in [4.69, 9.17) is 4.98 Å². The smallest absolute Gasteiger partial charge is 0.175 e. The maximum Gasteiger partial charge on any atom is 0.175 e. The van der Waals surface area contributed by atoms with Gasteiger partial charge in [-0.2, -0.15) is 0 Å². The van der Waals surface area contributed by atoms with Crippen LogP contribution in [0.2, 0.25) is 0 Å². The molecule has 0 radical (unpaired) electrons. The van der Waals surface area contributed by atoms with Crippen molar-refractivity contribution in [3.8, 4) is 0 Å². The van der Waals surface area contributed by atoms with Crippen LogP contribution in [0.15, 0.2) is 42.5 Å². The van der Waals surface area contributed by atoms with Crippen LogP contribution in [0.5, 0.6) is 0 Å². The number of carbonyl (C=O) groups is 1. The van der Waals surface area contributed by atoms with Crippen LogP contribution in [0.4, 0.5) is 0 Å². The fourth-order valence-corrected chi connectivity index (χ4v) is 4.37. The average molecular weight is 306 g/mol. The molecule has 1 aromatic carbocycles. The van der Waals surface area contributed by atoms with Gasteiger partial charge in [-0.05, 0) is 62.9 Å². The number of ketones is 1. The van der Waals surface area contributed by atoms with Crippen molar-refractivity contribution >= 4 is 5.78 Å². The molecule has 1 aliphatic heterocycles. The van der Waals surface area contributed by atoms with Crippen molar-refractivity contribution in [3.63, 3.8) is 0 Å². The van der Waals surface area contributed by atoms with Gasteiger partial charge in [-0.15, -0.1) is 0 Å². The number of hydrogen-bond acceptors (Lipinski definition) is 3. The minimum atomic E-state index is -0.474. The van der Waals surface area contributed by atoms with Gasteiger partial charge < -0.3 is 5.32 Å².